The average molecular weight is 306 g/mol. The molecule has 1 nitrogen and oxygen atoms in total. The normalized spacial score (nSPS) is 27.9. The average Bonchev–Trinajstić information content (AvgIpc) is 2.78. The van der Waals surface area contributed by atoms with Crippen molar-refractivity contribution in [2.75, 3.05) is 7.05 Å². The molecule has 2 aliphatic carbocycles. The lowest BCUT2D eigenvalue weighted by molar-refractivity contribution is 0.216. The molecule has 1 N–H and O–H groups in total. The molecular weight excluding hydrogens is 274 g/mol. The zero-order valence-corrected chi connectivity index (χ0v) is 14.6. The van der Waals surface area contributed by atoms with Gasteiger partial charge in [-0.25, -0.2) is 0 Å². The Morgan fingerprint density at radius 3 is 2.86 bits per heavy atom. The van der Waals surface area contributed by atoms with Crippen LogP contribution < -0.4 is 5.32 Å². The van der Waals surface area contributed by atoms with E-state index in [-0.39, 0.29) is 0 Å². The van der Waals surface area contributed by atoms with Crippen LogP contribution in [0.3, 0.4) is 0 Å². The fourth-order valence-corrected chi connectivity index (χ4v) is 5.92. The highest BCUT2D eigenvalue weighted by molar-refractivity contribution is 7.12. The SMILES string of the molecule is CCC1CCCC(C(NC)c2cc3c(s2)CCCCC3)C1. The third kappa shape index (κ3) is 3.53. The first-order chi connectivity index (χ1) is 10.3. The van der Waals surface area contributed by atoms with E-state index >= 15 is 0 Å². The Kier molecular flexibility index (Phi) is 5.39. The van der Waals surface area contributed by atoms with Gasteiger partial charge in [-0.15, -0.1) is 11.3 Å². The van der Waals surface area contributed by atoms with Crippen LogP contribution in [0.2, 0.25) is 0 Å². The van der Waals surface area contributed by atoms with Crippen LogP contribution in [-0.4, -0.2) is 7.05 Å². The van der Waals surface area contributed by atoms with Crippen LogP contribution in [0.15, 0.2) is 6.07 Å². The molecule has 0 aromatic carbocycles. The van der Waals surface area contributed by atoms with Crippen LogP contribution >= 0.6 is 11.3 Å². The summed E-state index contributed by atoms with van der Waals surface area (Å²) in [6.07, 6.45) is 14.0. The van der Waals surface area contributed by atoms with Gasteiger partial charge >= 0.3 is 0 Å². The van der Waals surface area contributed by atoms with Crippen molar-refractivity contribution in [1.29, 1.82) is 0 Å². The number of rotatable bonds is 4. The van der Waals surface area contributed by atoms with Crippen LogP contribution in [0, 0.1) is 11.8 Å². The molecule has 0 spiro atoms. The molecule has 0 saturated heterocycles. The summed E-state index contributed by atoms with van der Waals surface area (Å²) in [5, 5.41) is 3.67. The highest BCUT2D eigenvalue weighted by Crippen LogP contribution is 2.41. The van der Waals surface area contributed by atoms with Crippen molar-refractivity contribution < 1.29 is 0 Å². The van der Waals surface area contributed by atoms with Gasteiger partial charge < -0.3 is 5.32 Å². The number of thiophene rings is 1. The van der Waals surface area contributed by atoms with Gasteiger partial charge in [0.05, 0.1) is 0 Å². The minimum Gasteiger partial charge on any atom is -0.312 e. The lowest BCUT2D eigenvalue weighted by Crippen LogP contribution is -2.28. The van der Waals surface area contributed by atoms with Gasteiger partial charge in [0.25, 0.3) is 0 Å². The Hall–Kier alpha value is -0.340. The molecule has 3 unspecified atom stereocenters. The first-order valence-electron chi connectivity index (χ1n) is 9.10. The molecule has 3 rings (SSSR count). The van der Waals surface area contributed by atoms with Gasteiger partial charge in [0.2, 0.25) is 0 Å². The molecule has 1 fully saturated rings. The van der Waals surface area contributed by atoms with E-state index in [4.69, 9.17) is 0 Å². The van der Waals surface area contributed by atoms with Crippen LogP contribution in [0.4, 0.5) is 0 Å². The molecule has 0 bridgehead atoms. The molecule has 3 atom stereocenters. The number of aryl methyl sites for hydroxylation is 2. The predicted molar refractivity (Wildman–Crippen MR) is 93.1 cm³/mol. The predicted octanol–water partition coefficient (Wildman–Crippen LogP) is 5.49. The molecule has 1 aromatic rings. The Morgan fingerprint density at radius 1 is 1.19 bits per heavy atom. The third-order valence-electron chi connectivity index (χ3n) is 5.76. The van der Waals surface area contributed by atoms with Crippen molar-refractivity contribution in [3.05, 3.63) is 21.4 Å². The summed E-state index contributed by atoms with van der Waals surface area (Å²) in [5.41, 5.74) is 1.68. The van der Waals surface area contributed by atoms with Crippen molar-refractivity contribution in [2.24, 2.45) is 11.8 Å². The molecular formula is C19H31NS. The van der Waals surface area contributed by atoms with Crippen LogP contribution in [0.5, 0.6) is 0 Å². The summed E-state index contributed by atoms with van der Waals surface area (Å²) in [6.45, 7) is 2.37. The molecule has 118 valence electrons. The summed E-state index contributed by atoms with van der Waals surface area (Å²) in [4.78, 5) is 3.33. The maximum atomic E-state index is 3.67. The van der Waals surface area contributed by atoms with Gasteiger partial charge in [0.1, 0.15) is 0 Å². The molecule has 2 heteroatoms. The van der Waals surface area contributed by atoms with E-state index in [2.05, 4.69) is 36.7 Å². The third-order valence-corrected chi connectivity index (χ3v) is 7.08. The van der Waals surface area contributed by atoms with Gasteiger partial charge in [0.15, 0.2) is 0 Å². The van der Waals surface area contributed by atoms with Crippen LogP contribution in [0.1, 0.15) is 79.6 Å². The molecule has 0 amide bonds. The van der Waals surface area contributed by atoms with Gasteiger partial charge in [-0.3, -0.25) is 0 Å². The summed E-state index contributed by atoms with van der Waals surface area (Å²) in [5.74, 6) is 1.83. The van der Waals surface area contributed by atoms with Crippen molar-refractivity contribution in [3.8, 4) is 0 Å². The van der Waals surface area contributed by atoms with E-state index in [1.54, 1.807) is 15.3 Å². The van der Waals surface area contributed by atoms with E-state index in [0.717, 1.165) is 11.8 Å². The van der Waals surface area contributed by atoms with Crippen molar-refractivity contribution in [2.45, 2.75) is 77.2 Å². The first kappa shape index (κ1) is 15.6. The summed E-state index contributed by atoms with van der Waals surface area (Å²) in [6, 6.07) is 3.17. The minimum atomic E-state index is 0.608. The number of fused-ring (bicyclic) bond motifs is 1. The lowest BCUT2D eigenvalue weighted by Gasteiger charge is -2.33. The zero-order chi connectivity index (χ0) is 14.7. The highest BCUT2D eigenvalue weighted by atomic mass is 32.1. The smallest absolute Gasteiger partial charge is 0.0441 e. The largest absolute Gasteiger partial charge is 0.312 e. The van der Waals surface area contributed by atoms with E-state index in [9.17, 15) is 0 Å². The Morgan fingerprint density at radius 2 is 2.05 bits per heavy atom. The van der Waals surface area contributed by atoms with Crippen LogP contribution in [0.25, 0.3) is 0 Å². The number of nitrogens with one attached hydrogen (secondary N) is 1. The summed E-state index contributed by atoms with van der Waals surface area (Å²) in [7, 11) is 2.17. The van der Waals surface area contributed by atoms with E-state index in [1.165, 1.54) is 64.2 Å². The van der Waals surface area contributed by atoms with Gasteiger partial charge in [-0.2, -0.15) is 0 Å². The van der Waals surface area contributed by atoms with Crippen molar-refractivity contribution >= 4 is 11.3 Å². The molecule has 2 aliphatic rings. The molecule has 1 saturated carbocycles. The summed E-state index contributed by atoms with van der Waals surface area (Å²) >= 11 is 2.12. The molecule has 0 radical (unpaired) electrons. The van der Waals surface area contributed by atoms with Crippen molar-refractivity contribution in [3.63, 3.8) is 0 Å². The zero-order valence-electron chi connectivity index (χ0n) is 13.8. The minimum absolute atomic E-state index is 0.608. The standard InChI is InChI=1S/C19H31NS/c1-3-14-8-7-10-16(12-14)19(20-2)18-13-15-9-5-4-6-11-17(15)21-18/h13-14,16,19-20H,3-12H2,1-2H3. The highest BCUT2D eigenvalue weighted by Gasteiger charge is 2.29. The Labute approximate surface area is 134 Å². The Balaban J connectivity index is 1.76. The van der Waals surface area contributed by atoms with Gasteiger partial charge in [0, 0.05) is 15.8 Å². The maximum absolute atomic E-state index is 3.67. The number of hydrogen-bond acceptors (Lipinski definition) is 2. The fraction of sp³-hybridized carbons (Fsp3) is 0.789. The van der Waals surface area contributed by atoms with E-state index in [0.29, 0.717) is 6.04 Å². The van der Waals surface area contributed by atoms with Gasteiger partial charge in [-0.05, 0) is 69.0 Å². The molecule has 1 heterocycles. The topological polar surface area (TPSA) is 12.0 Å². The number of hydrogen-bond donors (Lipinski definition) is 1. The van der Waals surface area contributed by atoms with E-state index < -0.39 is 0 Å². The molecule has 1 aromatic heterocycles. The second-order valence-corrected chi connectivity index (χ2v) is 8.29. The first-order valence-corrected chi connectivity index (χ1v) is 9.92. The van der Waals surface area contributed by atoms with Crippen LogP contribution in [-0.2, 0) is 12.8 Å². The fourth-order valence-electron chi connectivity index (χ4n) is 4.46. The summed E-state index contributed by atoms with van der Waals surface area (Å²) < 4.78 is 0. The molecule has 21 heavy (non-hydrogen) atoms. The quantitative estimate of drug-likeness (QED) is 0.725. The second kappa shape index (κ2) is 7.28. The lowest BCUT2D eigenvalue weighted by atomic mass is 9.76. The molecule has 0 aliphatic heterocycles. The van der Waals surface area contributed by atoms with E-state index in [1.807, 2.05) is 0 Å². The Bertz CT molecular complexity index is 427. The second-order valence-electron chi connectivity index (χ2n) is 7.13. The monoisotopic (exact) mass is 305 g/mol. The van der Waals surface area contributed by atoms with Gasteiger partial charge in [-0.1, -0.05) is 32.6 Å². The van der Waals surface area contributed by atoms with Crippen molar-refractivity contribution in [1.82, 2.24) is 5.32 Å². The maximum Gasteiger partial charge on any atom is 0.0441 e.